The summed E-state index contributed by atoms with van der Waals surface area (Å²) in [6.07, 6.45) is 7.69. The average molecular weight is 562 g/mol. The van der Waals surface area contributed by atoms with E-state index in [0.717, 1.165) is 32.1 Å². The standard InChI is InChI=1S/C31H51N3O4S/c1-9-14-22(8)33(17-12-4)30(38)27-31-21(7)18-24(39-31)25(28(36)32(15-10-2)16-11-3)26(31)29(37)34(27)23(19-35)20(6)13-5/h10,12,20-27,35H,2,4,9,11,13-19H2,1,3,5-8H3/t20-,21?,22?,23-,24-,25+,26-,27?,31?/m0/s1. The van der Waals surface area contributed by atoms with Crippen molar-refractivity contribution in [3.8, 4) is 0 Å². The van der Waals surface area contributed by atoms with E-state index < -0.39 is 28.7 Å². The number of carbonyl (C=O) groups excluding carboxylic acids is 3. The summed E-state index contributed by atoms with van der Waals surface area (Å²) in [4.78, 5) is 48.8. The zero-order valence-electron chi connectivity index (χ0n) is 25.0. The Kier molecular flexibility index (Phi) is 10.8. The Morgan fingerprint density at radius 1 is 1.15 bits per heavy atom. The fourth-order valence-electron chi connectivity index (χ4n) is 7.48. The second-order valence-corrected chi connectivity index (χ2v) is 13.5. The molecule has 2 bridgehead atoms. The van der Waals surface area contributed by atoms with Crippen LogP contribution >= 0.6 is 11.8 Å². The Hall–Kier alpha value is -1.80. The van der Waals surface area contributed by atoms with Crippen molar-refractivity contribution in [2.24, 2.45) is 23.7 Å². The molecule has 3 rings (SSSR count). The summed E-state index contributed by atoms with van der Waals surface area (Å²) in [5.41, 5.74) is 0. The topological polar surface area (TPSA) is 81.2 Å². The third kappa shape index (κ3) is 5.32. The highest BCUT2D eigenvalue weighted by atomic mass is 32.2. The molecule has 3 amide bonds. The number of nitrogens with zero attached hydrogens (tertiary/aromatic N) is 3. The Bertz CT molecular complexity index is 928. The van der Waals surface area contributed by atoms with Crippen molar-refractivity contribution in [1.82, 2.24) is 14.7 Å². The summed E-state index contributed by atoms with van der Waals surface area (Å²) >= 11 is 1.71. The van der Waals surface area contributed by atoms with E-state index in [2.05, 4.69) is 33.9 Å². The first-order valence-electron chi connectivity index (χ1n) is 15.0. The molecule has 1 spiro atoms. The quantitative estimate of drug-likeness (QED) is 0.301. The molecule has 0 radical (unpaired) electrons. The lowest BCUT2D eigenvalue weighted by Gasteiger charge is -2.44. The van der Waals surface area contributed by atoms with Crippen molar-refractivity contribution < 1.29 is 19.5 Å². The van der Waals surface area contributed by atoms with Crippen LogP contribution in [0.15, 0.2) is 25.3 Å². The van der Waals surface area contributed by atoms with Crippen LogP contribution in [0.5, 0.6) is 0 Å². The van der Waals surface area contributed by atoms with Crippen LogP contribution in [-0.4, -0.2) is 91.9 Å². The minimum Gasteiger partial charge on any atom is -0.394 e. The van der Waals surface area contributed by atoms with Crippen molar-refractivity contribution in [1.29, 1.82) is 0 Å². The van der Waals surface area contributed by atoms with E-state index in [1.165, 1.54) is 0 Å². The van der Waals surface area contributed by atoms with Gasteiger partial charge in [0, 0.05) is 30.9 Å². The molecule has 3 aliphatic rings. The van der Waals surface area contributed by atoms with E-state index in [1.54, 1.807) is 28.8 Å². The maximum Gasteiger partial charge on any atom is 0.247 e. The molecule has 3 fully saturated rings. The number of rotatable bonds is 15. The first-order valence-corrected chi connectivity index (χ1v) is 15.9. The van der Waals surface area contributed by atoms with Gasteiger partial charge in [-0.2, -0.15) is 0 Å². The number of hydrogen-bond acceptors (Lipinski definition) is 5. The van der Waals surface area contributed by atoms with Crippen LogP contribution in [0.3, 0.4) is 0 Å². The second kappa shape index (κ2) is 13.2. The van der Waals surface area contributed by atoms with Gasteiger partial charge in [-0.3, -0.25) is 14.4 Å². The molecule has 1 N–H and O–H groups in total. The molecule has 0 aromatic heterocycles. The van der Waals surface area contributed by atoms with Crippen molar-refractivity contribution >= 4 is 29.5 Å². The zero-order chi connectivity index (χ0) is 29.1. The molecule has 0 saturated carbocycles. The average Bonchev–Trinajstić information content (AvgIpc) is 3.50. The molecule has 3 saturated heterocycles. The monoisotopic (exact) mass is 561 g/mol. The van der Waals surface area contributed by atoms with Crippen LogP contribution in [0.2, 0.25) is 0 Å². The van der Waals surface area contributed by atoms with Gasteiger partial charge in [-0.05, 0) is 38.0 Å². The van der Waals surface area contributed by atoms with Crippen molar-refractivity contribution in [3.63, 3.8) is 0 Å². The zero-order valence-corrected chi connectivity index (χ0v) is 25.8. The molecule has 7 nitrogen and oxygen atoms in total. The number of thioether (sulfide) groups is 1. The third-order valence-electron chi connectivity index (χ3n) is 9.55. The van der Waals surface area contributed by atoms with Gasteiger partial charge in [-0.25, -0.2) is 0 Å². The number of likely N-dealkylation sites (tertiary alicyclic amines) is 1. The van der Waals surface area contributed by atoms with Crippen LogP contribution in [0, 0.1) is 23.7 Å². The smallest absolute Gasteiger partial charge is 0.247 e. The normalized spacial score (nSPS) is 31.5. The molecule has 0 aliphatic carbocycles. The minimum atomic E-state index is -0.720. The fraction of sp³-hybridized carbons (Fsp3) is 0.774. The van der Waals surface area contributed by atoms with E-state index >= 15 is 0 Å². The van der Waals surface area contributed by atoms with Gasteiger partial charge in [-0.1, -0.05) is 59.6 Å². The van der Waals surface area contributed by atoms with Gasteiger partial charge in [0.2, 0.25) is 17.7 Å². The molecule has 0 aromatic rings. The minimum absolute atomic E-state index is 0.000154. The van der Waals surface area contributed by atoms with Gasteiger partial charge < -0.3 is 19.8 Å². The number of fused-ring (bicyclic) bond motifs is 1. The van der Waals surface area contributed by atoms with E-state index in [1.807, 2.05) is 30.6 Å². The summed E-state index contributed by atoms with van der Waals surface area (Å²) in [5.74, 6) is -1.15. The number of amides is 3. The summed E-state index contributed by atoms with van der Waals surface area (Å²) in [6.45, 7) is 21.5. The molecule has 3 heterocycles. The Labute approximate surface area is 240 Å². The van der Waals surface area contributed by atoms with Crippen LogP contribution in [-0.2, 0) is 14.4 Å². The van der Waals surface area contributed by atoms with Gasteiger partial charge in [0.1, 0.15) is 6.04 Å². The fourth-order valence-corrected chi connectivity index (χ4v) is 9.87. The first-order chi connectivity index (χ1) is 18.6. The Morgan fingerprint density at radius 2 is 1.82 bits per heavy atom. The molecule has 8 heteroatoms. The number of carbonyl (C=O) groups is 3. The van der Waals surface area contributed by atoms with Gasteiger partial charge in [0.25, 0.3) is 0 Å². The molecule has 9 atom stereocenters. The molecule has 39 heavy (non-hydrogen) atoms. The summed E-state index contributed by atoms with van der Waals surface area (Å²) < 4.78 is -0.697. The lowest BCUT2D eigenvalue weighted by molar-refractivity contribution is -0.148. The van der Waals surface area contributed by atoms with Crippen molar-refractivity contribution in [2.45, 2.75) is 102 Å². The Balaban J connectivity index is 2.18. The van der Waals surface area contributed by atoms with E-state index in [0.29, 0.717) is 19.6 Å². The van der Waals surface area contributed by atoms with Gasteiger partial charge in [-0.15, -0.1) is 24.9 Å². The van der Waals surface area contributed by atoms with Crippen molar-refractivity contribution in [2.75, 3.05) is 26.2 Å². The molecule has 220 valence electrons. The predicted molar refractivity (Wildman–Crippen MR) is 159 cm³/mol. The molecule has 0 aromatic carbocycles. The SMILES string of the molecule is C=CCN(CCC)C(=O)[C@@H]1[C@@H]2CC(C)C3(S2)C(C(=O)N(CC=C)C(C)CCC)N([C@@H](CO)[C@@H](C)CC)C(=O)[C@H]13. The summed E-state index contributed by atoms with van der Waals surface area (Å²) in [6, 6.07) is -1.21. The maximum atomic E-state index is 14.7. The van der Waals surface area contributed by atoms with Crippen LogP contribution < -0.4 is 0 Å². The maximum absolute atomic E-state index is 14.7. The number of aliphatic hydroxyl groups is 1. The third-order valence-corrected chi connectivity index (χ3v) is 11.6. The predicted octanol–water partition coefficient (Wildman–Crippen LogP) is 4.36. The van der Waals surface area contributed by atoms with Crippen LogP contribution in [0.4, 0.5) is 0 Å². The molecular formula is C31H51N3O4S. The van der Waals surface area contributed by atoms with Crippen LogP contribution in [0.25, 0.3) is 0 Å². The highest BCUT2D eigenvalue weighted by molar-refractivity contribution is 8.02. The summed E-state index contributed by atoms with van der Waals surface area (Å²) in [5, 5.41) is 10.6. The van der Waals surface area contributed by atoms with Gasteiger partial charge in [0.05, 0.1) is 29.2 Å². The lowest BCUT2D eigenvalue weighted by atomic mass is 9.65. The van der Waals surface area contributed by atoms with E-state index in [4.69, 9.17) is 0 Å². The van der Waals surface area contributed by atoms with Gasteiger partial charge >= 0.3 is 0 Å². The second-order valence-electron chi connectivity index (χ2n) is 11.9. The number of aliphatic hydroxyl groups excluding tert-OH is 1. The summed E-state index contributed by atoms with van der Waals surface area (Å²) in [7, 11) is 0. The first kappa shape index (κ1) is 31.7. The van der Waals surface area contributed by atoms with Crippen LogP contribution in [0.1, 0.15) is 73.6 Å². The largest absolute Gasteiger partial charge is 0.394 e. The van der Waals surface area contributed by atoms with Crippen molar-refractivity contribution in [3.05, 3.63) is 25.3 Å². The van der Waals surface area contributed by atoms with E-state index in [-0.39, 0.29) is 47.5 Å². The highest BCUT2D eigenvalue weighted by Gasteiger charge is 2.77. The Morgan fingerprint density at radius 3 is 2.36 bits per heavy atom. The van der Waals surface area contributed by atoms with Gasteiger partial charge in [0.15, 0.2) is 0 Å². The highest BCUT2D eigenvalue weighted by Crippen LogP contribution is 2.69. The lowest BCUT2D eigenvalue weighted by Crippen LogP contribution is -2.61. The molecule has 3 aliphatic heterocycles. The molecular weight excluding hydrogens is 510 g/mol. The molecule has 4 unspecified atom stereocenters. The number of hydrogen-bond donors (Lipinski definition) is 1. The van der Waals surface area contributed by atoms with E-state index in [9.17, 15) is 19.5 Å².